The van der Waals surface area contributed by atoms with Gasteiger partial charge in [-0.25, -0.2) is 4.68 Å². The van der Waals surface area contributed by atoms with Crippen LogP contribution in [0.25, 0.3) is 11.4 Å². The average Bonchev–Trinajstić information content (AvgIpc) is 2.53. The predicted octanol–water partition coefficient (Wildman–Crippen LogP) is 0.677. The fourth-order valence-electron chi connectivity index (χ4n) is 1.01. The van der Waals surface area contributed by atoms with Gasteiger partial charge < -0.3 is 0 Å². The third-order valence-electron chi connectivity index (χ3n) is 1.60. The van der Waals surface area contributed by atoms with E-state index in [4.69, 9.17) is 0 Å². The van der Waals surface area contributed by atoms with Gasteiger partial charge in [-0.05, 0) is 16.5 Å². The number of aromatic nitrogens is 4. The van der Waals surface area contributed by atoms with E-state index in [2.05, 4.69) is 21.6 Å². The first kappa shape index (κ1) is 6.97. The summed E-state index contributed by atoms with van der Waals surface area (Å²) >= 11 is 0. The Morgan fingerprint density at radius 2 is 2.08 bits per heavy atom. The Morgan fingerprint density at radius 1 is 1.33 bits per heavy atom. The highest BCUT2D eigenvalue weighted by molar-refractivity contribution is 5.53. The zero-order valence-corrected chi connectivity index (χ0v) is 6.60. The monoisotopic (exact) mass is 159 g/mol. The molecule has 1 heterocycles. The summed E-state index contributed by atoms with van der Waals surface area (Å²) in [6.45, 7) is 0. The lowest BCUT2D eigenvalue weighted by Gasteiger charge is -1.95. The molecule has 1 aromatic heterocycles. The lowest BCUT2D eigenvalue weighted by atomic mass is 10.2. The zero-order chi connectivity index (χ0) is 8.39. The molecule has 4 nitrogen and oxygen atoms in total. The summed E-state index contributed by atoms with van der Waals surface area (Å²) in [5.74, 6) is 0.768. The first-order chi connectivity index (χ1) is 5.88. The highest BCUT2D eigenvalue weighted by atomic mass is 15.5. The van der Waals surface area contributed by atoms with E-state index in [1.807, 2.05) is 31.3 Å². The molecule has 0 saturated heterocycles. The van der Waals surface area contributed by atoms with Gasteiger partial charge in [0.1, 0.15) is 0 Å². The highest BCUT2D eigenvalue weighted by Crippen LogP contribution is 2.12. The number of hydrogen-bond acceptors (Lipinski definition) is 3. The van der Waals surface area contributed by atoms with Gasteiger partial charge >= 0.3 is 0 Å². The van der Waals surface area contributed by atoms with Gasteiger partial charge in [0.2, 0.25) is 0 Å². The molecule has 59 valence electrons. The molecule has 1 radical (unpaired) electrons. The number of hydrogen-bond donors (Lipinski definition) is 0. The summed E-state index contributed by atoms with van der Waals surface area (Å²) in [5, 5.41) is 11.2. The van der Waals surface area contributed by atoms with Gasteiger partial charge in [-0.1, -0.05) is 24.3 Å². The molecule has 2 aromatic rings. The predicted molar refractivity (Wildman–Crippen MR) is 43.1 cm³/mol. The van der Waals surface area contributed by atoms with Crippen molar-refractivity contribution in [2.75, 3.05) is 0 Å². The summed E-state index contributed by atoms with van der Waals surface area (Å²) in [6, 6.07) is 10.5. The number of tetrazole rings is 1. The minimum atomic E-state index is 0.768. The van der Waals surface area contributed by atoms with Crippen molar-refractivity contribution in [3.63, 3.8) is 0 Å². The van der Waals surface area contributed by atoms with Gasteiger partial charge in [0, 0.05) is 12.6 Å². The summed E-state index contributed by atoms with van der Waals surface area (Å²) < 4.78 is 1.63. The average molecular weight is 159 g/mol. The van der Waals surface area contributed by atoms with Crippen molar-refractivity contribution in [3.8, 4) is 11.4 Å². The Hall–Kier alpha value is -1.71. The van der Waals surface area contributed by atoms with Crippen molar-refractivity contribution in [3.05, 3.63) is 30.3 Å². The lowest BCUT2D eigenvalue weighted by molar-refractivity contribution is 0.714. The van der Waals surface area contributed by atoms with E-state index in [1.54, 1.807) is 4.68 Å². The van der Waals surface area contributed by atoms with E-state index >= 15 is 0 Å². The molecule has 0 saturated carbocycles. The molecule has 2 rings (SSSR count). The summed E-state index contributed by atoms with van der Waals surface area (Å²) in [7, 11) is 1.81. The standard InChI is InChI=1S/C8H7N4/c1-12-8(9-10-11-12)7-5-3-2-4-6-7/h3-6H,1H3. The minimum Gasteiger partial charge on any atom is -0.229 e. The van der Waals surface area contributed by atoms with Crippen molar-refractivity contribution in [1.29, 1.82) is 0 Å². The maximum Gasteiger partial charge on any atom is 0.181 e. The Labute approximate surface area is 69.8 Å². The molecule has 0 unspecified atom stereocenters. The van der Waals surface area contributed by atoms with E-state index < -0.39 is 0 Å². The molecule has 0 aliphatic carbocycles. The molecule has 0 amide bonds. The molecule has 0 aliphatic rings. The van der Waals surface area contributed by atoms with Crippen LogP contribution in [-0.2, 0) is 7.05 Å². The Bertz CT molecular complexity index is 366. The van der Waals surface area contributed by atoms with Crippen LogP contribution in [0.2, 0.25) is 0 Å². The maximum atomic E-state index is 3.87. The minimum absolute atomic E-state index is 0.768. The molecule has 4 heteroatoms. The quantitative estimate of drug-likeness (QED) is 0.614. The third-order valence-corrected chi connectivity index (χ3v) is 1.60. The molecule has 0 fully saturated rings. The number of rotatable bonds is 1. The first-order valence-electron chi connectivity index (χ1n) is 3.57. The van der Waals surface area contributed by atoms with E-state index in [0.29, 0.717) is 0 Å². The second kappa shape index (κ2) is 2.73. The van der Waals surface area contributed by atoms with E-state index in [1.165, 1.54) is 0 Å². The fraction of sp³-hybridized carbons (Fsp3) is 0.125. The van der Waals surface area contributed by atoms with Gasteiger partial charge in [-0.3, -0.25) is 0 Å². The molecule has 0 N–H and O–H groups in total. The van der Waals surface area contributed by atoms with Gasteiger partial charge in [0.25, 0.3) is 0 Å². The van der Waals surface area contributed by atoms with Gasteiger partial charge in [-0.2, -0.15) is 0 Å². The highest BCUT2D eigenvalue weighted by Gasteiger charge is 2.02. The number of aryl methyl sites for hydroxylation is 1. The van der Waals surface area contributed by atoms with E-state index in [9.17, 15) is 0 Å². The second-order valence-electron chi connectivity index (χ2n) is 2.41. The molecule has 0 aliphatic heterocycles. The van der Waals surface area contributed by atoms with Crippen LogP contribution < -0.4 is 0 Å². The van der Waals surface area contributed by atoms with Crippen LogP contribution in [-0.4, -0.2) is 20.2 Å². The van der Waals surface area contributed by atoms with Crippen molar-refractivity contribution in [2.24, 2.45) is 7.05 Å². The fourth-order valence-corrected chi connectivity index (χ4v) is 1.01. The van der Waals surface area contributed by atoms with E-state index in [-0.39, 0.29) is 0 Å². The Morgan fingerprint density at radius 3 is 2.67 bits per heavy atom. The molecule has 12 heavy (non-hydrogen) atoms. The number of benzene rings is 1. The molecule has 0 spiro atoms. The van der Waals surface area contributed by atoms with Crippen LogP contribution in [0, 0.1) is 6.07 Å². The third kappa shape index (κ3) is 1.07. The zero-order valence-electron chi connectivity index (χ0n) is 6.60. The Balaban J connectivity index is 2.51. The van der Waals surface area contributed by atoms with Gasteiger partial charge in [0.15, 0.2) is 5.82 Å². The van der Waals surface area contributed by atoms with Crippen LogP contribution in [0.15, 0.2) is 24.3 Å². The molecule has 1 aromatic carbocycles. The molecule has 0 atom stereocenters. The normalized spacial score (nSPS) is 10.1. The topological polar surface area (TPSA) is 43.6 Å². The van der Waals surface area contributed by atoms with Crippen LogP contribution in [0.4, 0.5) is 0 Å². The van der Waals surface area contributed by atoms with Crippen LogP contribution >= 0.6 is 0 Å². The van der Waals surface area contributed by atoms with Crippen LogP contribution in [0.5, 0.6) is 0 Å². The van der Waals surface area contributed by atoms with E-state index in [0.717, 1.165) is 11.4 Å². The lowest BCUT2D eigenvalue weighted by Crippen LogP contribution is -1.93. The van der Waals surface area contributed by atoms with Crippen LogP contribution in [0.3, 0.4) is 0 Å². The number of nitrogens with zero attached hydrogens (tertiary/aromatic N) is 4. The maximum absolute atomic E-state index is 3.87. The summed E-state index contributed by atoms with van der Waals surface area (Å²) in [6.07, 6.45) is 0. The van der Waals surface area contributed by atoms with Crippen molar-refractivity contribution >= 4 is 0 Å². The second-order valence-corrected chi connectivity index (χ2v) is 2.41. The summed E-state index contributed by atoms with van der Waals surface area (Å²) in [5.41, 5.74) is 1.00. The first-order valence-corrected chi connectivity index (χ1v) is 3.57. The SMILES string of the molecule is Cn1nnnc1-c1cc[c]cc1. The van der Waals surface area contributed by atoms with Crippen molar-refractivity contribution < 1.29 is 0 Å². The molecule has 0 bridgehead atoms. The van der Waals surface area contributed by atoms with Crippen molar-refractivity contribution in [2.45, 2.75) is 0 Å². The van der Waals surface area contributed by atoms with Crippen LogP contribution in [0.1, 0.15) is 0 Å². The molecular weight excluding hydrogens is 152 g/mol. The largest absolute Gasteiger partial charge is 0.229 e. The van der Waals surface area contributed by atoms with Crippen molar-refractivity contribution in [1.82, 2.24) is 20.2 Å². The molecular formula is C8H7N4. The summed E-state index contributed by atoms with van der Waals surface area (Å²) in [4.78, 5) is 0. The smallest absolute Gasteiger partial charge is 0.181 e. The van der Waals surface area contributed by atoms with Gasteiger partial charge in [-0.15, -0.1) is 5.10 Å². The Kier molecular flexibility index (Phi) is 1.59. The van der Waals surface area contributed by atoms with Gasteiger partial charge in [0.05, 0.1) is 0 Å².